The zero-order valence-corrected chi connectivity index (χ0v) is 10.3. The third kappa shape index (κ3) is 2.25. The highest BCUT2D eigenvalue weighted by molar-refractivity contribution is 5.60. The number of rotatable bonds is 2. The summed E-state index contributed by atoms with van der Waals surface area (Å²) < 4.78 is 27.0. The molecular weight excluding hydrogens is 260 g/mol. The van der Waals surface area contributed by atoms with E-state index in [4.69, 9.17) is 0 Å². The lowest BCUT2D eigenvalue weighted by molar-refractivity contribution is 0.510. The fourth-order valence-corrected chi connectivity index (χ4v) is 1.83. The van der Waals surface area contributed by atoms with E-state index < -0.39 is 11.6 Å². The molecule has 0 spiro atoms. The predicted octanol–water partition coefficient (Wildman–Crippen LogP) is 3.48. The molecule has 0 aliphatic carbocycles. The Hall–Kier alpha value is -2.69. The van der Waals surface area contributed by atoms with Gasteiger partial charge in [-0.05, 0) is 12.1 Å². The Labute approximate surface area is 114 Å². The molecule has 0 saturated carbocycles. The summed E-state index contributed by atoms with van der Waals surface area (Å²) in [5.41, 5.74) is 0.803. The second-order valence-electron chi connectivity index (χ2n) is 4.10. The zero-order chi connectivity index (χ0) is 13.9. The van der Waals surface area contributed by atoms with Gasteiger partial charge in [0.05, 0.1) is 5.56 Å². The summed E-state index contributed by atoms with van der Waals surface area (Å²) in [4.78, 5) is 12.1. The van der Waals surface area contributed by atoms with Gasteiger partial charge in [-0.3, -0.25) is 0 Å². The molecule has 98 valence electrons. The molecule has 1 aromatic heterocycles. The van der Waals surface area contributed by atoms with Crippen LogP contribution in [0.3, 0.4) is 0 Å². The van der Waals surface area contributed by atoms with Crippen molar-refractivity contribution < 1.29 is 8.78 Å². The van der Waals surface area contributed by atoms with E-state index in [9.17, 15) is 8.78 Å². The maximum absolute atomic E-state index is 13.7. The molecule has 20 heavy (non-hydrogen) atoms. The lowest BCUT2D eigenvalue weighted by atomic mass is 10.2. The van der Waals surface area contributed by atoms with Gasteiger partial charge < -0.3 is 0 Å². The van der Waals surface area contributed by atoms with Gasteiger partial charge in [-0.15, -0.1) is 0 Å². The van der Waals surface area contributed by atoms with Crippen molar-refractivity contribution in [2.45, 2.75) is 0 Å². The molecule has 5 heteroatoms. The van der Waals surface area contributed by atoms with Crippen molar-refractivity contribution in [3.63, 3.8) is 0 Å². The second-order valence-corrected chi connectivity index (χ2v) is 4.10. The molecule has 0 aliphatic rings. The van der Waals surface area contributed by atoms with E-state index in [-0.39, 0.29) is 11.4 Å². The Morgan fingerprint density at radius 2 is 1.50 bits per heavy atom. The number of hydrogen-bond acceptors (Lipinski definition) is 3. The van der Waals surface area contributed by atoms with Crippen LogP contribution < -0.4 is 0 Å². The molecule has 0 fully saturated rings. The molecule has 0 amide bonds. The molecule has 3 aromatic rings. The normalized spacial score (nSPS) is 10.5. The largest absolute Gasteiger partial charge is 0.217 e. The van der Waals surface area contributed by atoms with Gasteiger partial charge >= 0.3 is 0 Å². The minimum absolute atomic E-state index is 0.0181. The number of halogens is 2. The van der Waals surface area contributed by atoms with Crippen LogP contribution in [-0.2, 0) is 0 Å². The molecule has 0 unspecified atom stereocenters. The van der Waals surface area contributed by atoms with Gasteiger partial charge in [-0.1, -0.05) is 36.4 Å². The molecule has 1 heterocycles. The molecular formula is C15H9F2N3. The lowest BCUT2D eigenvalue weighted by Crippen LogP contribution is -1.98. The molecule has 0 saturated heterocycles. The first-order chi connectivity index (χ1) is 9.75. The van der Waals surface area contributed by atoms with Gasteiger partial charge in [0.2, 0.25) is 0 Å². The summed E-state index contributed by atoms with van der Waals surface area (Å²) in [5, 5.41) is 0. The number of aromatic nitrogens is 3. The maximum atomic E-state index is 13.7. The Morgan fingerprint density at radius 3 is 2.30 bits per heavy atom. The highest BCUT2D eigenvalue weighted by Gasteiger charge is 2.13. The van der Waals surface area contributed by atoms with Crippen molar-refractivity contribution in [3.8, 4) is 22.8 Å². The molecule has 3 rings (SSSR count). The Balaban J connectivity index is 2.10. The zero-order valence-electron chi connectivity index (χ0n) is 10.3. The van der Waals surface area contributed by atoms with Crippen molar-refractivity contribution >= 4 is 0 Å². The van der Waals surface area contributed by atoms with E-state index in [1.54, 1.807) is 0 Å². The summed E-state index contributed by atoms with van der Waals surface area (Å²) in [6.45, 7) is 0. The van der Waals surface area contributed by atoms with Crippen LogP contribution in [0.15, 0.2) is 54.9 Å². The summed E-state index contributed by atoms with van der Waals surface area (Å²) in [5.74, 6) is -1.36. The summed E-state index contributed by atoms with van der Waals surface area (Å²) in [6, 6.07) is 13.1. The lowest BCUT2D eigenvalue weighted by Gasteiger charge is -2.04. The van der Waals surface area contributed by atoms with E-state index in [0.29, 0.717) is 5.82 Å². The van der Waals surface area contributed by atoms with Crippen LogP contribution in [0, 0.1) is 11.6 Å². The quantitative estimate of drug-likeness (QED) is 0.715. The minimum Gasteiger partial charge on any atom is -0.217 e. The number of nitrogens with zero attached hydrogens (tertiary/aromatic N) is 3. The van der Waals surface area contributed by atoms with Crippen LogP contribution in [0.5, 0.6) is 0 Å². The first-order valence-electron chi connectivity index (χ1n) is 5.94. The van der Waals surface area contributed by atoms with E-state index in [1.165, 1.54) is 18.5 Å². The minimum atomic E-state index is -0.960. The topological polar surface area (TPSA) is 38.7 Å². The summed E-state index contributed by atoms with van der Waals surface area (Å²) >= 11 is 0. The average Bonchev–Trinajstić information content (AvgIpc) is 2.51. The fourth-order valence-electron chi connectivity index (χ4n) is 1.83. The van der Waals surface area contributed by atoms with Gasteiger partial charge in [0.1, 0.15) is 6.33 Å². The van der Waals surface area contributed by atoms with Crippen LogP contribution in [-0.4, -0.2) is 15.0 Å². The van der Waals surface area contributed by atoms with Gasteiger partial charge in [-0.2, -0.15) is 0 Å². The van der Waals surface area contributed by atoms with Crippen LogP contribution in [0.4, 0.5) is 8.78 Å². The van der Waals surface area contributed by atoms with Crippen molar-refractivity contribution in [1.82, 2.24) is 15.0 Å². The van der Waals surface area contributed by atoms with Crippen molar-refractivity contribution in [3.05, 3.63) is 66.5 Å². The summed E-state index contributed by atoms with van der Waals surface area (Å²) in [7, 11) is 0. The third-order valence-corrected chi connectivity index (χ3v) is 2.80. The molecule has 2 aromatic carbocycles. The third-order valence-electron chi connectivity index (χ3n) is 2.80. The Kier molecular flexibility index (Phi) is 3.16. The van der Waals surface area contributed by atoms with Gasteiger partial charge in [0.15, 0.2) is 23.3 Å². The van der Waals surface area contributed by atoms with Gasteiger partial charge in [0, 0.05) is 5.56 Å². The van der Waals surface area contributed by atoms with Gasteiger partial charge in [0.25, 0.3) is 0 Å². The fraction of sp³-hybridized carbons (Fsp3) is 0. The Morgan fingerprint density at radius 1 is 0.750 bits per heavy atom. The summed E-state index contributed by atoms with van der Waals surface area (Å²) in [6.07, 6.45) is 1.29. The van der Waals surface area contributed by atoms with Crippen molar-refractivity contribution in [1.29, 1.82) is 0 Å². The van der Waals surface area contributed by atoms with E-state index in [2.05, 4.69) is 15.0 Å². The highest BCUT2D eigenvalue weighted by atomic mass is 19.2. The molecule has 3 nitrogen and oxygen atoms in total. The molecule has 0 atom stereocenters. The van der Waals surface area contributed by atoms with Gasteiger partial charge in [-0.25, -0.2) is 23.7 Å². The standard InChI is InChI=1S/C15H9F2N3/c16-12-8-4-7-11(13(12)17)15-19-9-18-14(20-15)10-5-2-1-3-6-10/h1-9H. The second kappa shape index (κ2) is 5.13. The van der Waals surface area contributed by atoms with E-state index in [0.717, 1.165) is 11.6 Å². The predicted molar refractivity (Wildman–Crippen MR) is 70.6 cm³/mol. The van der Waals surface area contributed by atoms with Crippen LogP contribution in [0.25, 0.3) is 22.8 Å². The molecule has 0 radical (unpaired) electrons. The van der Waals surface area contributed by atoms with Crippen LogP contribution >= 0.6 is 0 Å². The molecule has 0 aliphatic heterocycles. The van der Waals surface area contributed by atoms with E-state index in [1.807, 2.05) is 30.3 Å². The molecule has 0 N–H and O–H groups in total. The first-order valence-corrected chi connectivity index (χ1v) is 5.94. The number of benzene rings is 2. The number of hydrogen-bond donors (Lipinski definition) is 0. The van der Waals surface area contributed by atoms with Crippen molar-refractivity contribution in [2.75, 3.05) is 0 Å². The smallest absolute Gasteiger partial charge is 0.169 e. The van der Waals surface area contributed by atoms with Crippen LogP contribution in [0.2, 0.25) is 0 Å². The first kappa shape index (κ1) is 12.3. The van der Waals surface area contributed by atoms with E-state index >= 15 is 0 Å². The van der Waals surface area contributed by atoms with Crippen LogP contribution in [0.1, 0.15) is 0 Å². The highest BCUT2D eigenvalue weighted by Crippen LogP contribution is 2.22. The monoisotopic (exact) mass is 269 g/mol. The Bertz CT molecular complexity index is 745. The average molecular weight is 269 g/mol. The van der Waals surface area contributed by atoms with Crippen molar-refractivity contribution in [2.24, 2.45) is 0 Å². The SMILES string of the molecule is Fc1cccc(-c2ncnc(-c3ccccc3)n2)c1F. The maximum Gasteiger partial charge on any atom is 0.169 e. The molecule has 0 bridgehead atoms.